The topological polar surface area (TPSA) is 56.1 Å². The van der Waals surface area contributed by atoms with Gasteiger partial charge in [0.2, 0.25) is 5.91 Å². The lowest BCUT2D eigenvalue weighted by atomic mass is 10.2. The van der Waals surface area contributed by atoms with E-state index in [-0.39, 0.29) is 5.91 Å². The maximum Gasteiger partial charge on any atom is 0.227 e. The Kier molecular flexibility index (Phi) is 6.42. The largest absolute Gasteiger partial charge is 0.383 e. The number of aryl methyl sites for hydroxylation is 1. The Morgan fingerprint density at radius 2 is 2.04 bits per heavy atom. The van der Waals surface area contributed by atoms with Crippen molar-refractivity contribution < 1.29 is 9.53 Å². The Balaban J connectivity index is 1.64. The van der Waals surface area contributed by atoms with Gasteiger partial charge in [0.25, 0.3) is 0 Å². The lowest BCUT2D eigenvalue weighted by Gasteiger charge is -2.08. The van der Waals surface area contributed by atoms with Crippen LogP contribution < -0.4 is 5.32 Å². The fourth-order valence-corrected chi connectivity index (χ4v) is 3.89. The summed E-state index contributed by atoms with van der Waals surface area (Å²) < 4.78 is 7.44. The monoisotopic (exact) mass is 383 g/mol. The molecule has 6 heteroatoms. The maximum absolute atomic E-state index is 12.2. The Bertz CT molecular complexity index is 900. The zero-order valence-electron chi connectivity index (χ0n) is 16.0. The van der Waals surface area contributed by atoms with E-state index in [4.69, 9.17) is 4.74 Å². The second-order valence-electron chi connectivity index (χ2n) is 6.49. The number of nitrogens with one attached hydrogen (secondary N) is 1. The van der Waals surface area contributed by atoms with E-state index in [1.165, 1.54) is 22.7 Å². The normalized spacial score (nSPS) is 10.9. The predicted octanol–water partition coefficient (Wildman–Crippen LogP) is 3.73. The van der Waals surface area contributed by atoms with Crippen LogP contribution in [0.25, 0.3) is 11.3 Å². The first-order valence-electron chi connectivity index (χ1n) is 8.99. The minimum atomic E-state index is -0.00896. The highest BCUT2D eigenvalue weighted by Gasteiger charge is 2.15. The van der Waals surface area contributed by atoms with E-state index in [1.54, 1.807) is 7.11 Å². The first-order chi connectivity index (χ1) is 13.1. The number of nitrogens with zero attached hydrogens (tertiary/aromatic N) is 2. The predicted molar refractivity (Wildman–Crippen MR) is 109 cm³/mol. The smallest absolute Gasteiger partial charge is 0.227 e. The third-order valence-corrected chi connectivity index (χ3v) is 5.41. The van der Waals surface area contributed by atoms with Crippen LogP contribution in [0.4, 0.5) is 0 Å². The van der Waals surface area contributed by atoms with Gasteiger partial charge < -0.3 is 14.6 Å². The van der Waals surface area contributed by atoms with Gasteiger partial charge in [-0.05, 0) is 25.5 Å². The summed E-state index contributed by atoms with van der Waals surface area (Å²) in [5.41, 5.74) is 5.51. The number of hydrogen-bond donors (Lipinski definition) is 1. The molecule has 0 saturated carbocycles. The molecule has 0 aliphatic heterocycles. The van der Waals surface area contributed by atoms with Crippen LogP contribution in [-0.4, -0.2) is 29.2 Å². The molecule has 0 saturated heterocycles. The van der Waals surface area contributed by atoms with Crippen LogP contribution in [-0.2, 0) is 29.0 Å². The summed E-state index contributed by atoms with van der Waals surface area (Å²) in [5, 5.41) is 5.81. The SMILES string of the molecule is COCCn1c(C)cc(-c2csc(CC(=O)NCc3ccccc3)n2)c1C. The fourth-order valence-electron chi connectivity index (χ4n) is 3.10. The van der Waals surface area contributed by atoms with Crippen LogP contribution in [0.3, 0.4) is 0 Å². The first-order valence-corrected chi connectivity index (χ1v) is 9.87. The van der Waals surface area contributed by atoms with Crippen molar-refractivity contribution in [2.24, 2.45) is 0 Å². The third-order valence-electron chi connectivity index (χ3n) is 4.56. The second-order valence-corrected chi connectivity index (χ2v) is 7.44. The summed E-state index contributed by atoms with van der Waals surface area (Å²) in [6, 6.07) is 12.1. The van der Waals surface area contributed by atoms with Gasteiger partial charge in [-0.2, -0.15) is 0 Å². The molecule has 0 fully saturated rings. The quantitative estimate of drug-likeness (QED) is 0.645. The summed E-state index contributed by atoms with van der Waals surface area (Å²) in [6.45, 7) is 6.24. The van der Waals surface area contributed by atoms with Gasteiger partial charge in [-0.3, -0.25) is 4.79 Å². The van der Waals surface area contributed by atoms with Crippen molar-refractivity contribution in [3.8, 4) is 11.3 Å². The molecule has 27 heavy (non-hydrogen) atoms. The number of amides is 1. The molecule has 3 rings (SSSR count). The summed E-state index contributed by atoms with van der Waals surface area (Å²) in [5.74, 6) is -0.00896. The van der Waals surface area contributed by atoms with Gasteiger partial charge in [-0.25, -0.2) is 4.98 Å². The van der Waals surface area contributed by atoms with Crippen molar-refractivity contribution in [3.05, 3.63) is 63.7 Å². The van der Waals surface area contributed by atoms with Crippen molar-refractivity contribution in [3.63, 3.8) is 0 Å². The minimum Gasteiger partial charge on any atom is -0.383 e. The number of carbonyl (C=O) groups excluding carboxylic acids is 1. The molecule has 0 bridgehead atoms. The van der Waals surface area contributed by atoms with Gasteiger partial charge in [0, 0.05) is 42.5 Å². The Hall–Kier alpha value is -2.44. The number of carbonyl (C=O) groups is 1. The van der Waals surface area contributed by atoms with E-state index in [0.717, 1.165) is 28.4 Å². The Morgan fingerprint density at radius 3 is 2.78 bits per heavy atom. The number of rotatable bonds is 8. The van der Waals surface area contributed by atoms with Crippen molar-refractivity contribution in [2.45, 2.75) is 33.4 Å². The van der Waals surface area contributed by atoms with Gasteiger partial charge in [-0.1, -0.05) is 30.3 Å². The highest BCUT2D eigenvalue weighted by Crippen LogP contribution is 2.28. The van der Waals surface area contributed by atoms with Crippen molar-refractivity contribution in [2.75, 3.05) is 13.7 Å². The molecule has 0 radical (unpaired) electrons. The standard InChI is InChI=1S/C21H25N3O2S/c1-15-11-18(16(2)24(15)9-10-26-3)19-14-27-21(23-19)12-20(25)22-13-17-7-5-4-6-8-17/h4-8,11,14H,9-10,12-13H2,1-3H3,(H,22,25). The summed E-state index contributed by atoms with van der Waals surface area (Å²) in [6.07, 6.45) is 0.305. The van der Waals surface area contributed by atoms with Gasteiger partial charge in [0.15, 0.2) is 0 Å². The van der Waals surface area contributed by atoms with Crippen LogP contribution in [0, 0.1) is 13.8 Å². The first kappa shape index (κ1) is 19.3. The van der Waals surface area contributed by atoms with E-state index in [0.29, 0.717) is 19.6 Å². The summed E-state index contributed by atoms with van der Waals surface area (Å²) >= 11 is 1.53. The molecule has 142 valence electrons. The van der Waals surface area contributed by atoms with Crippen LogP contribution in [0.15, 0.2) is 41.8 Å². The number of ether oxygens (including phenoxy) is 1. The molecule has 3 aromatic rings. The van der Waals surface area contributed by atoms with Gasteiger partial charge >= 0.3 is 0 Å². The molecule has 0 aliphatic rings. The van der Waals surface area contributed by atoms with Gasteiger partial charge in [-0.15, -0.1) is 11.3 Å². The average molecular weight is 384 g/mol. The third kappa shape index (κ3) is 4.84. The molecule has 0 unspecified atom stereocenters. The highest BCUT2D eigenvalue weighted by atomic mass is 32.1. The highest BCUT2D eigenvalue weighted by molar-refractivity contribution is 7.10. The molecular weight excluding hydrogens is 358 g/mol. The molecule has 5 nitrogen and oxygen atoms in total. The number of methoxy groups -OCH3 is 1. The maximum atomic E-state index is 12.2. The second kappa shape index (κ2) is 8.97. The molecular formula is C21H25N3O2S. The number of thiazole rings is 1. The molecule has 0 spiro atoms. The summed E-state index contributed by atoms with van der Waals surface area (Å²) in [4.78, 5) is 16.9. The molecule has 1 amide bonds. The fraction of sp³-hybridized carbons (Fsp3) is 0.333. The lowest BCUT2D eigenvalue weighted by Crippen LogP contribution is -2.24. The van der Waals surface area contributed by atoms with E-state index in [9.17, 15) is 4.79 Å². The lowest BCUT2D eigenvalue weighted by molar-refractivity contribution is -0.120. The zero-order chi connectivity index (χ0) is 19.2. The Labute approximate surface area is 164 Å². The van der Waals surface area contributed by atoms with Crippen LogP contribution in [0.5, 0.6) is 0 Å². The molecule has 1 aromatic carbocycles. The molecule has 0 aliphatic carbocycles. The zero-order valence-corrected chi connectivity index (χ0v) is 16.8. The van der Waals surface area contributed by atoms with Crippen molar-refractivity contribution >= 4 is 17.2 Å². The minimum absolute atomic E-state index is 0.00896. The molecule has 2 aromatic heterocycles. The summed E-state index contributed by atoms with van der Waals surface area (Å²) in [7, 11) is 1.71. The van der Waals surface area contributed by atoms with Gasteiger partial charge in [0.1, 0.15) is 5.01 Å². The van der Waals surface area contributed by atoms with Crippen LogP contribution >= 0.6 is 11.3 Å². The Morgan fingerprint density at radius 1 is 1.26 bits per heavy atom. The van der Waals surface area contributed by atoms with E-state index in [2.05, 4.69) is 34.8 Å². The molecule has 1 N–H and O–H groups in total. The average Bonchev–Trinajstić information content (AvgIpc) is 3.23. The van der Waals surface area contributed by atoms with Crippen molar-refractivity contribution in [1.82, 2.24) is 14.9 Å². The van der Waals surface area contributed by atoms with Crippen LogP contribution in [0.2, 0.25) is 0 Å². The van der Waals surface area contributed by atoms with E-state index in [1.807, 2.05) is 35.7 Å². The van der Waals surface area contributed by atoms with E-state index >= 15 is 0 Å². The van der Waals surface area contributed by atoms with Crippen molar-refractivity contribution in [1.29, 1.82) is 0 Å². The van der Waals surface area contributed by atoms with Gasteiger partial charge in [0.05, 0.1) is 18.7 Å². The molecule has 2 heterocycles. The number of benzene rings is 1. The number of hydrogen-bond acceptors (Lipinski definition) is 4. The van der Waals surface area contributed by atoms with E-state index < -0.39 is 0 Å². The number of aromatic nitrogens is 2. The molecule has 0 atom stereocenters. The van der Waals surface area contributed by atoms with Crippen LogP contribution in [0.1, 0.15) is 22.0 Å².